The van der Waals surface area contributed by atoms with E-state index >= 15 is 0 Å². The number of alkyl halides is 1. The van der Waals surface area contributed by atoms with Crippen LogP contribution in [0.1, 0.15) is 19.3 Å². The second-order valence-electron chi connectivity index (χ2n) is 3.45. The van der Waals surface area contributed by atoms with E-state index in [0.717, 1.165) is 6.54 Å². The van der Waals surface area contributed by atoms with Crippen molar-refractivity contribution < 1.29 is 9.13 Å². The predicted octanol–water partition coefficient (Wildman–Crippen LogP) is 1.35. The molecule has 1 aliphatic carbocycles. The van der Waals surface area contributed by atoms with Crippen molar-refractivity contribution in [3.05, 3.63) is 0 Å². The van der Waals surface area contributed by atoms with Crippen molar-refractivity contribution in [1.82, 2.24) is 0 Å². The maximum absolute atomic E-state index is 11.7. The highest BCUT2D eigenvalue weighted by Crippen LogP contribution is 2.30. The molecule has 1 aliphatic rings. The third kappa shape index (κ3) is 2.72. The molecule has 1 saturated carbocycles. The van der Waals surface area contributed by atoms with E-state index in [4.69, 9.17) is 10.5 Å². The Morgan fingerprint density at radius 1 is 1.33 bits per heavy atom. The summed E-state index contributed by atoms with van der Waals surface area (Å²) in [6.45, 7) is 1.32. The molecule has 0 aromatic heterocycles. The van der Waals surface area contributed by atoms with Crippen LogP contribution in [0.2, 0.25) is 0 Å². The summed E-state index contributed by atoms with van der Waals surface area (Å²) in [7, 11) is 0. The van der Waals surface area contributed by atoms with Crippen LogP contribution in [0, 0.1) is 11.8 Å². The molecule has 0 amide bonds. The summed E-state index contributed by atoms with van der Waals surface area (Å²) in [4.78, 5) is 0. The van der Waals surface area contributed by atoms with Crippen LogP contribution in [-0.2, 0) is 4.74 Å². The molecule has 0 saturated heterocycles. The zero-order valence-electron chi connectivity index (χ0n) is 7.47. The van der Waals surface area contributed by atoms with E-state index in [1.807, 2.05) is 0 Å². The van der Waals surface area contributed by atoms with E-state index < -0.39 is 0 Å². The Hall–Kier alpha value is -0.150. The van der Waals surface area contributed by atoms with Gasteiger partial charge in [-0.1, -0.05) is 6.42 Å². The van der Waals surface area contributed by atoms with Gasteiger partial charge in [-0.2, -0.15) is 0 Å². The first-order valence-electron chi connectivity index (χ1n) is 4.72. The molecule has 0 radical (unpaired) electrons. The van der Waals surface area contributed by atoms with Gasteiger partial charge in [0.15, 0.2) is 0 Å². The fourth-order valence-electron chi connectivity index (χ4n) is 1.93. The first kappa shape index (κ1) is 9.93. The van der Waals surface area contributed by atoms with Crippen molar-refractivity contribution in [3.8, 4) is 0 Å². The van der Waals surface area contributed by atoms with E-state index in [1.165, 1.54) is 19.3 Å². The van der Waals surface area contributed by atoms with Gasteiger partial charge in [0, 0.05) is 6.61 Å². The van der Waals surface area contributed by atoms with E-state index in [1.54, 1.807) is 0 Å². The molecule has 12 heavy (non-hydrogen) atoms. The smallest absolute Gasteiger partial charge is 0.113 e. The van der Waals surface area contributed by atoms with Gasteiger partial charge in [-0.15, -0.1) is 0 Å². The van der Waals surface area contributed by atoms with Crippen LogP contribution in [0.15, 0.2) is 0 Å². The zero-order valence-corrected chi connectivity index (χ0v) is 7.47. The fourth-order valence-corrected chi connectivity index (χ4v) is 1.93. The average molecular weight is 175 g/mol. The highest BCUT2D eigenvalue weighted by molar-refractivity contribution is 4.77. The minimum atomic E-state index is -0.375. The summed E-state index contributed by atoms with van der Waals surface area (Å²) in [6, 6.07) is 0. The molecule has 1 rings (SSSR count). The third-order valence-corrected chi connectivity index (χ3v) is 2.67. The number of ether oxygens (including phenoxy) is 1. The van der Waals surface area contributed by atoms with E-state index in [0.29, 0.717) is 18.4 Å². The van der Waals surface area contributed by atoms with Crippen molar-refractivity contribution in [2.45, 2.75) is 19.3 Å². The Bertz CT molecular complexity index is 121. The first-order valence-corrected chi connectivity index (χ1v) is 4.72. The number of nitrogens with two attached hydrogens (primary N) is 1. The van der Waals surface area contributed by atoms with Gasteiger partial charge in [0.05, 0.1) is 6.61 Å². The van der Waals surface area contributed by atoms with Gasteiger partial charge in [-0.05, 0) is 31.2 Å². The third-order valence-electron chi connectivity index (χ3n) is 2.67. The Labute approximate surface area is 73.3 Å². The number of hydrogen-bond acceptors (Lipinski definition) is 2. The summed E-state index contributed by atoms with van der Waals surface area (Å²) in [6.07, 6.45) is 3.68. The normalized spacial score (nSPS) is 29.5. The van der Waals surface area contributed by atoms with Gasteiger partial charge in [0.1, 0.15) is 6.67 Å². The molecule has 0 aromatic rings. The first-order chi connectivity index (χ1) is 5.88. The van der Waals surface area contributed by atoms with Gasteiger partial charge < -0.3 is 10.5 Å². The summed E-state index contributed by atoms with van der Waals surface area (Å²) in [5.41, 5.74) is 5.60. The minimum absolute atomic E-state index is 0.244. The minimum Gasteiger partial charge on any atom is -0.378 e. The molecular weight excluding hydrogens is 157 g/mol. The van der Waals surface area contributed by atoms with Gasteiger partial charge in [-0.25, -0.2) is 4.39 Å². The van der Waals surface area contributed by atoms with Crippen molar-refractivity contribution in [3.63, 3.8) is 0 Å². The lowest BCUT2D eigenvalue weighted by atomic mass is 9.97. The van der Waals surface area contributed by atoms with E-state index in [2.05, 4.69) is 0 Å². The molecule has 2 nitrogen and oxygen atoms in total. The molecule has 0 spiro atoms. The summed E-state index contributed by atoms with van der Waals surface area (Å²) >= 11 is 0. The molecular formula is C9H18FNO. The molecule has 0 heterocycles. The van der Waals surface area contributed by atoms with E-state index in [-0.39, 0.29) is 13.3 Å². The Kier molecular flexibility index (Phi) is 4.54. The maximum Gasteiger partial charge on any atom is 0.113 e. The van der Waals surface area contributed by atoms with Crippen LogP contribution in [0.25, 0.3) is 0 Å². The van der Waals surface area contributed by atoms with Crippen LogP contribution >= 0.6 is 0 Å². The van der Waals surface area contributed by atoms with Crippen LogP contribution in [0.5, 0.6) is 0 Å². The van der Waals surface area contributed by atoms with Gasteiger partial charge >= 0.3 is 0 Å². The van der Waals surface area contributed by atoms with Gasteiger partial charge in [0.2, 0.25) is 0 Å². The SMILES string of the molecule is NCC1CCCC1COCCF. The van der Waals surface area contributed by atoms with Gasteiger partial charge in [0.25, 0.3) is 0 Å². The second-order valence-corrected chi connectivity index (χ2v) is 3.45. The summed E-state index contributed by atoms with van der Waals surface area (Å²) in [5, 5.41) is 0. The van der Waals surface area contributed by atoms with Crippen molar-refractivity contribution in [2.75, 3.05) is 26.4 Å². The van der Waals surface area contributed by atoms with Crippen LogP contribution in [0.3, 0.4) is 0 Å². The Balaban J connectivity index is 2.12. The maximum atomic E-state index is 11.7. The second kappa shape index (κ2) is 5.49. The summed E-state index contributed by atoms with van der Waals surface area (Å²) in [5.74, 6) is 1.20. The molecule has 0 aliphatic heterocycles. The number of rotatable bonds is 5. The van der Waals surface area contributed by atoms with Crippen LogP contribution in [0.4, 0.5) is 4.39 Å². The zero-order chi connectivity index (χ0) is 8.81. The summed E-state index contributed by atoms with van der Waals surface area (Å²) < 4.78 is 16.9. The molecule has 2 atom stereocenters. The monoisotopic (exact) mass is 175 g/mol. The highest BCUT2D eigenvalue weighted by Gasteiger charge is 2.25. The highest BCUT2D eigenvalue weighted by atomic mass is 19.1. The lowest BCUT2D eigenvalue weighted by Gasteiger charge is -2.16. The Morgan fingerprint density at radius 2 is 2.08 bits per heavy atom. The lowest BCUT2D eigenvalue weighted by molar-refractivity contribution is 0.0770. The molecule has 2 unspecified atom stereocenters. The number of hydrogen-bond donors (Lipinski definition) is 1. The standard InChI is InChI=1S/C9H18FNO/c10-4-5-12-7-9-3-1-2-8(9)6-11/h8-9H,1-7,11H2. The van der Waals surface area contributed by atoms with Gasteiger partial charge in [-0.3, -0.25) is 0 Å². The average Bonchev–Trinajstić information content (AvgIpc) is 2.52. The topological polar surface area (TPSA) is 35.2 Å². The predicted molar refractivity (Wildman–Crippen MR) is 46.7 cm³/mol. The molecule has 0 bridgehead atoms. The lowest BCUT2D eigenvalue weighted by Crippen LogP contribution is -2.22. The molecule has 1 fully saturated rings. The number of halogens is 1. The quantitative estimate of drug-likeness (QED) is 0.640. The molecule has 72 valence electrons. The van der Waals surface area contributed by atoms with Crippen molar-refractivity contribution >= 4 is 0 Å². The molecule has 3 heteroatoms. The Morgan fingerprint density at radius 3 is 2.75 bits per heavy atom. The van der Waals surface area contributed by atoms with Crippen molar-refractivity contribution in [1.29, 1.82) is 0 Å². The molecule has 2 N–H and O–H groups in total. The fraction of sp³-hybridized carbons (Fsp3) is 1.00. The largest absolute Gasteiger partial charge is 0.378 e. The van der Waals surface area contributed by atoms with Crippen LogP contribution < -0.4 is 5.73 Å². The van der Waals surface area contributed by atoms with Crippen LogP contribution in [-0.4, -0.2) is 26.4 Å². The van der Waals surface area contributed by atoms with E-state index in [9.17, 15) is 4.39 Å². The van der Waals surface area contributed by atoms with Crippen molar-refractivity contribution in [2.24, 2.45) is 17.6 Å². The molecule has 0 aromatic carbocycles.